The van der Waals surface area contributed by atoms with Crippen LogP contribution in [-0.4, -0.2) is 11.0 Å². The fourth-order valence-corrected chi connectivity index (χ4v) is 3.82. The van der Waals surface area contributed by atoms with Crippen LogP contribution in [0.15, 0.2) is 32.8 Å². The second kappa shape index (κ2) is 6.75. The highest BCUT2D eigenvalue weighted by Gasteiger charge is 2.10. The average molecular weight is 313 g/mol. The average Bonchev–Trinajstić information content (AvgIpc) is 2.78. The van der Waals surface area contributed by atoms with Gasteiger partial charge in [0.15, 0.2) is 4.34 Å². The molecule has 0 bridgehead atoms. The van der Waals surface area contributed by atoms with Gasteiger partial charge in [0.25, 0.3) is 0 Å². The minimum atomic E-state index is 0.177. The smallest absolute Gasteiger partial charge is 0.154 e. The van der Waals surface area contributed by atoms with Gasteiger partial charge in [-0.1, -0.05) is 30.3 Å². The van der Waals surface area contributed by atoms with Crippen molar-refractivity contribution < 1.29 is 0 Å². The molecule has 1 unspecified atom stereocenters. The molecule has 0 aliphatic rings. The standard InChI is InChI=1S/C14H17ClN2S2/c1-3-12(16)7-10-6-11(15)4-5-13(10)19-14-17-9(2)8-18-14/h4-6,8,12H,3,7,16H2,1-2H3. The van der Waals surface area contributed by atoms with Crippen LogP contribution in [0.2, 0.25) is 5.02 Å². The number of aromatic nitrogens is 1. The van der Waals surface area contributed by atoms with Gasteiger partial charge in [-0.2, -0.15) is 0 Å². The molecule has 0 aliphatic carbocycles. The lowest BCUT2D eigenvalue weighted by molar-refractivity contribution is 0.641. The molecule has 19 heavy (non-hydrogen) atoms. The first-order chi connectivity index (χ1) is 9.08. The second-order valence-electron chi connectivity index (χ2n) is 4.48. The fraction of sp³-hybridized carbons (Fsp3) is 0.357. The Morgan fingerprint density at radius 1 is 1.47 bits per heavy atom. The molecule has 2 nitrogen and oxygen atoms in total. The summed E-state index contributed by atoms with van der Waals surface area (Å²) in [6.07, 6.45) is 1.82. The number of hydrogen-bond donors (Lipinski definition) is 1. The molecule has 2 aromatic rings. The number of hydrogen-bond acceptors (Lipinski definition) is 4. The Kier molecular flexibility index (Phi) is 5.28. The topological polar surface area (TPSA) is 38.9 Å². The van der Waals surface area contributed by atoms with E-state index in [1.807, 2.05) is 19.1 Å². The molecule has 0 saturated heterocycles. The number of aryl methyl sites for hydroxylation is 1. The molecule has 0 fully saturated rings. The van der Waals surface area contributed by atoms with Gasteiger partial charge >= 0.3 is 0 Å². The molecule has 102 valence electrons. The molecule has 2 N–H and O–H groups in total. The van der Waals surface area contributed by atoms with Crippen molar-refractivity contribution in [2.24, 2.45) is 5.73 Å². The molecule has 2 rings (SSSR count). The summed E-state index contributed by atoms with van der Waals surface area (Å²) in [5.74, 6) is 0. The third kappa shape index (κ3) is 4.21. The molecule has 1 heterocycles. The van der Waals surface area contributed by atoms with E-state index in [0.717, 1.165) is 27.9 Å². The highest BCUT2D eigenvalue weighted by Crippen LogP contribution is 2.34. The molecule has 0 spiro atoms. The number of benzene rings is 1. The molecular formula is C14H17ClN2S2. The Morgan fingerprint density at radius 2 is 2.26 bits per heavy atom. The van der Waals surface area contributed by atoms with Gasteiger partial charge in [-0.05, 0) is 43.5 Å². The number of rotatable bonds is 5. The number of thiazole rings is 1. The van der Waals surface area contributed by atoms with Crippen molar-refractivity contribution in [1.82, 2.24) is 4.98 Å². The summed E-state index contributed by atoms with van der Waals surface area (Å²) < 4.78 is 1.06. The summed E-state index contributed by atoms with van der Waals surface area (Å²) in [5.41, 5.74) is 8.33. The van der Waals surface area contributed by atoms with Crippen LogP contribution >= 0.6 is 34.7 Å². The Bertz CT molecular complexity index is 554. The maximum atomic E-state index is 6.09. The van der Waals surface area contributed by atoms with Crippen LogP contribution in [0.25, 0.3) is 0 Å². The Balaban J connectivity index is 2.23. The largest absolute Gasteiger partial charge is 0.327 e. The second-order valence-corrected chi connectivity index (χ2v) is 7.06. The Labute approximate surface area is 127 Å². The third-order valence-electron chi connectivity index (χ3n) is 2.82. The zero-order valence-corrected chi connectivity index (χ0v) is 13.4. The minimum Gasteiger partial charge on any atom is -0.327 e. The van der Waals surface area contributed by atoms with Crippen LogP contribution in [0.4, 0.5) is 0 Å². The normalized spacial score (nSPS) is 12.6. The van der Waals surface area contributed by atoms with Crippen molar-refractivity contribution in [1.29, 1.82) is 0 Å². The zero-order chi connectivity index (χ0) is 13.8. The highest BCUT2D eigenvalue weighted by molar-refractivity contribution is 8.01. The van der Waals surface area contributed by atoms with E-state index in [2.05, 4.69) is 23.4 Å². The molecule has 0 amide bonds. The van der Waals surface area contributed by atoms with Crippen LogP contribution in [-0.2, 0) is 6.42 Å². The monoisotopic (exact) mass is 312 g/mol. The summed E-state index contributed by atoms with van der Waals surface area (Å²) in [4.78, 5) is 5.68. The van der Waals surface area contributed by atoms with Crippen molar-refractivity contribution in [2.45, 2.75) is 42.0 Å². The maximum Gasteiger partial charge on any atom is 0.154 e. The summed E-state index contributed by atoms with van der Waals surface area (Å²) in [7, 11) is 0. The molecule has 0 radical (unpaired) electrons. The first-order valence-corrected chi connectivity index (χ1v) is 8.30. The quantitative estimate of drug-likeness (QED) is 0.881. The maximum absolute atomic E-state index is 6.09. The van der Waals surface area contributed by atoms with Crippen LogP contribution in [0.5, 0.6) is 0 Å². The van der Waals surface area contributed by atoms with Crippen molar-refractivity contribution in [3.8, 4) is 0 Å². The number of halogens is 1. The van der Waals surface area contributed by atoms with Gasteiger partial charge in [-0.15, -0.1) is 11.3 Å². The number of nitrogens with two attached hydrogens (primary N) is 1. The van der Waals surface area contributed by atoms with Gasteiger partial charge in [-0.25, -0.2) is 4.98 Å². The van der Waals surface area contributed by atoms with Gasteiger partial charge < -0.3 is 5.73 Å². The van der Waals surface area contributed by atoms with Gasteiger partial charge in [0, 0.05) is 27.0 Å². The van der Waals surface area contributed by atoms with E-state index in [1.54, 1.807) is 23.1 Å². The first kappa shape index (κ1) is 14.9. The Hall–Kier alpha value is -0.550. The van der Waals surface area contributed by atoms with Crippen molar-refractivity contribution in [2.75, 3.05) is 0 Å². The Morgan fingerprint density at radius 3 is 2.89 bits per heavy atom. The lowest BCUT2D eigenvalue weighted by Gasteiger charge is -2.12. The van der Waals surface area contributed by atoms with E-state index < -0.39 is 0 Å². The van der Waals surface area contributed by atoms with Gasteiger partial charge in [0.2, 0.25) is 0 Å². The van der Waals surface area contributed by atoms with Crippen molar-refractivity contribution in [3.63, 3.8) is 0 Å². The zero-order valence-electron chi connectivity index (χ0n) is 11.0. The summed E-state index contributed by atoms with van der Waals surface area (Å²) in [6.45, 7) is 4.11. The lowest BCUT2D eigenvalue weighted by atomic mass is 10.0. The molecule has 0 aliphatic heterocycles. The van der Waals surface area contributed by atoms with Gasteiger partial charge in [0.05, 0.1) is 0 Å². The molecule has 5 heteroatoms. The summed E-state index contributed by atoms with van der Waals surface area (Å²) in [5, 5.41) is 2.83. The molecule has 1 atom stereocenters. The third-order valence-corrected chi connectivity index (χ3v) is 5.23. The molecule has 1 aromatic carbocycles. The van der Waals surface area contributed by atoms with E-state index in [4.69, 9.17) is 17.3 Å². The molecule has 1 aromatic heterocycles. The first-order valence-electron chi connectivity index (χ1n) is 6.22. The minimum absolute atomic E-state index is 0.177. The van der Waals surface area contributed by atoms with Gasteiger partial charge in [-0.3, -0.25) is 0 Å². The van der Waals surface area contributed by atoms with E-state index in [-0.39, 0.29) is 6.04 Å². The predicted octanol–water partition coefficient (Wildman–Crippen LogP) is 4.54. The summed E-state index contributed by atoms with van der Waals surface area (Å²) in [6, 6.07) is 6.17. The van der Waals surface area contributed by atoms with Crippen molar-refractivity contribution >= 4 is 34.7 Å². The predicted molar refractivity (Wildman–Crippen MR) is 84.4 cm³/mol. The fourth-order valence-electron chi connectivity index (χ4n) is 1.71. The summed E-state index contributed by atoms with van der Waals surface area (Å²) >= 11 is 9.45. The van der Waals surface area contributed by atoms with Gasteiger partial charge in [0.1, 0.15) is 0 Å². The van der Waals surface area contributed by atoms with E-state index in [9.17, 15) is 0 Å². The van der Waals surface area contributed by atoms with Crippen molar-refractivity contribution in [3.05, 3.63) is 39.9 Å². The van der Waals surface area contributed by atoms with Crippen LogP contribution in [0.3, 0.4) is 0 Å². The highest BCUT2D eigenvalue weighted by atomic mass is 35.5. The van der Waals surface area contributed by atoms with Crippen LogP contribution < -0.4 is 5.73 Å². The molecular weight excluding hydrogens is 296 g/mol. The molecule has 0 saturated carbocycles. The van der Waals surface area contributed by atoms with Crippen LogP contribution in [0.1, 0.15) is 24.6 Å². The SMILES string of the molecule is CCC(N)Cc1cc(Cl)ccc1Sc1nc(C)cs1. The van der Waals surface area contributed by atoms with E-state index in [1.165, 1.54) is 10.5 Å². The lowest BCUT2D eigenvalue weighted by Crippen LogP contribution is -2.21. The van der Waals surface area contributed by atoms with Crippen LogP contribution in [0, 0.1) is 6.92 Å². The van der Waals surface area contributed by atoms with E-state index in [0.29, 0.717) is 0 Å². The van der Waals surface area contributed by atoms with E-state index >= 15 is 0 Å². The number of nitrogens with zero attached hydrogens (tertiary/aromatic N) is 1.